The molecule has 0 fully saturated rings. The van der Waals surface area contributed by atoms with Gasteiger partial charge < -0.3 is 14.8 Å². The predicted octanol–water partition coefficient (Wildman–Crippen LogP) is 4.80. The van der Waals surface area contributed by atoms with Gasteiger partial charge in [-0.1, -0.05) is 49.4 Å². The average molecular weight is 363 g/mol. The number of benzene rings is 3. The van der Waals surface area contributed by atoms with E-state index in [0.29, 0.717) is 5.75 Å². The van der Waals surface area contributed by atoms with Gasteiger partial charge in [-0.25, -0.2) is 0 Å². The second kappa shape index (κ2) is 8.58. The van der Waals surface area contributed by atoms with Gasteiger partial charge in [0.2, 0.25) is 0 Å². The van der Waals surface area contributed by atoms with Crippen LogP contribution in [0.5, 0.6) is 11.5 Å². The van der Waals surface area contributed by atoms with Gasteiger partial charge >= 0.3 is 0 Å². The fourth-order valence-electron chi connectivity index (χ4n) is 3.18. The second-order valence-electron chi connectivity index (χ2n) is 6.56. The van der Waals surface area contributed by atoms with Crippen LogP contribution in [-0.2, 0) is 4.79 Å². The van der Waals surface area contributed by atoms with Crippen molar-refractivity contribution in [3.8, 4) is 11.5 Å². The van der Waals surface area contributed by atoms with Gasteiger partial charge in [0.1, 0.15) is 11.5 Å². The van der Waals surface area contributed by atoms with Crippen molar-refractivity contribution in [2.24, 2.45) is 0 Å². The Labute approximate surface area is 160 Å². The zero-order chi connectivity index (χ0) is 19.2. The molecule has 0 aromatic heterocycles. The lowest BCUT2D eigenvalue weighted by Gasteiger charge is -2.19. The van der Waals surface area contributed by atoms with Gasteiger partial charge in [0.15, 0.2) is 6.61 Å². The zero-order valence-corrected chi connectivity index (χ0v) is 16.0. The highest BCUT2D eigenvalue weighted by atomic mass is 16.5. The first kappa shape index (κ1) is 18.8. The van der Waals surface area contributed by atoms with Crippen molar-refractivity contribution in [2.45, 2.75) is 26.3 Å². The van der Waals surface area contributed by atoms with Crippen molar-refractivity contribution in [2.75, 3.05) is 13.7 Å². The van der Waals surface area contributed by atoms with Crippen LogP contribution in [-0.4, -0.2) is 19.6 Å². The lowest BCUT2D eigenvalue weighted by atomic mass is 10.0. The molecule has 1 N–H and O–H groups in total. The molecule has 0 aliphatic rings. The highest BCUT2D eigenvalue weighted by Gasteiger charge is 2.14. The molecule has 140 valence electrons. The van der Waals surface area contributed by atoms with Crippen LogP contribution in [0.1, 0.15) is 30.5 Å². The summed E-state index contributed by atoms with van der Waals surface area (Å²) in [7, 11) is 1.66. The van der Waals surface area contributed by atoms with Gasteiger partial charge in [0.05, 0.1) is 13.2 Å². The molecule has 0 saturated carbocycles. The van der Waals surface area contributed by atoms with Gasteiger partial charge in [-0.3, -0.25) is 4.79 Å². The van der Waals surface area contributed by atoms with E-state index in [1.807, 2.05) is 55.5 Å². The van der Waals surface area contributed by atoms with Crippen molar-refractivity contribution in [1.82, 2.24) is 5.32 Å². The van der Waals surface area contributed by atoms with E-state index in [4.69, 9.17) is 9.47 Å². The molecule has 27 heavy (non-hydrogen) atoms. The summed E-state index contributed by atoms with van der Waals surface area (Å²) in [5.41, 5.74) is 2.12. The second-order valence-corrected chi connectivity index (χ2v) is 6.56. The third kappa shape index (κ3) is 4.59. The molecule has 1 atom stereocenters. The Kier molecular flexibility index (Phi) is 5.97. The number of hydrogen-bond acceptors (Lipinski definition) is 3. The Morgan fingerprint density at radius 2 is 1.81 bits per heavy atom. The summed E-state index contributed by atoms with van der Waals surface area (Å²) in [6, 6.07) is 19.8. The SMILES string of the molecule is CC[C@H](NC(=O)COc1ccc2ccccc2c1)c1ccc(OC)c(C)c1. The minimum absolute atomic E-state index is 0.00994. The van der Waals surface area contributed by atoms with Crippen LogP contribution in [0, 0.1) is 6.92 Å². The van der Waals surface area contributed by atoms with Crippen molar-refractivity contribution >= 4 is 16.7 Å². The number of fused-ring (bicyclic) bond motifs is 1. The van der Waals surface area contributed by atoms with Gasteiger partial charge in [0.25, 0.3) is 5.91 Å². The van der Waals surface area contributed by atoms with E-state index < -0.39 is 0 Å². The fraction of sp³-hybridized carbons (Fsp3) is 0.261. The van der Waals surface area contributed by atoms with Crippen LogP contribution in [0.2, 0.25) is 0 Å². The maximum Gasteiger partial charge on any atom is 0.258 e. The molecule has 0 saturated heterocycles. The number of nitrogens with one attached hydrogen (secondary N) is 1. The van der Waals surface area contributed by atoms with Gasteiger partial charge in [-0.15, -0.1) is 0 Å². The Morgan fingerprint density at radius 3 is 2.52 bits per heavy atom. The van der Waals surface area contributed by atoms with Gasteiger partial charge in [-0.2, -0.15) is 0 Å². The molecule has 0 radical (unpaired) electrons. The average Bonchev–Trinajstić information content (AvgIpc) is 2.70. The van der Waals surface area contributed by atoms with Gasteiger partial charge in [-0.05, 0) is 53.4 Å². The zero-order valence-electron chi connectivity index (χ0n) is 16.0. The van der Waals surface area contributed by atoms with Crippen LogP contribution >= 0.6 is 0 Å². The van der Waals surface area contributed by atoms with E-state index in [1.165, 1.54) is 0 Å². The number of carbonyl (C=O) groups excluding carboxylic acids is 1. The van der Waals surface area contributed by atoms with Crippen molar-refractivity contribution < 1.29 is 14.3 Å². The van der Waals surface area contributed by atoms with Crippen molar-refractivity contribution in [1.29, 1.82) is 0 Å². The molecule has 0 spiro atoms. The molecule has 0 unspecified atom stereocenters. The maximum absolute atomic E-state index is 12.4. The number of amides is 1. The molecule has 3 rings (SSSR count). The van der Waals surface area contributed by atoms with Crippen molar-refractivity contribution in [3.63, 3.8) is 0 Å². The molecule has 4 heteroatoms. The Hall–Kier alpha value is -3.01. The number of aryl methyl sites for hydroxylation is 1. The van der Waals surface area contributed by atoms with Gasteiger partial charge in [0, 0.05) is 0 Å². The molecular formula is C23H25NO3. The first-order chi connectivity index (χ1) is 13.1. The summed E-state index contributed by atoms with van der Waals surface area (Å²) in [5.74, 6) is 1.40. The Balaban J connectivity index is 1.62. The van der Waals surface area contributed by atoms with Crippen molar-refractivity contribution in [3.05, 3.63) is 71.8 Å². The van der Waals surface area contributed by atoms with E-state index in [9.17, 15) is 4.79 Å². The standard InChI is InChI=1S/C23H25NO3/c1-4-21(19-10-12-22(26-3)16(2)13-19)24-23(25)15-27-20-11-9-17-7-5-6-8-18(17)14-20/h5-14,21H,4,15H2,1-3H3,(H,24,25)/t21-/m0/s1. The third-order valence-corrected chi connectivity index (χ3v) is 4.66. The number of rotatable bonds is 7. The van der Waals surface area contributed by atoms with E-state index in [-0.39, 0.29) is 18.6 Å². The topological polar surface area (TPSA) is 47.6 Å². The predicted molar refractivity (Wildman–Crippen MR) is 108 cm³/mol. The summed E-state index contributed by atoms with van der Waals surface area (Å²) in [6.07, 6.45) is 0.799. The normalized spacial score (nSPS) is 11.8. The fourth-order valence-corrected chi connectivity index (χ4v) is 3.18. The molecule has 0 heterocycles. The molecule has 0 bridgehead atoms. The quantitative estimate of drug-likeness (QED) is 0.656. The minimum atomic E-state index is -0.136. The van der Waals surface area contributed by atoms with E-state index in [0.717, 1.165) is 34.1 Å². The first-order valence-electron chi connectivity index (χ1n) is 9.16. The summed E-state index contributed by atoms with van der Waals surface area (Å²) in [4.78, 5) is 12.4. The minimum Gasteiger partial charge on any atom is -0.496 e. The molecule has 3 aromatic rings. The number of hydrogen-bond donors (Lipinski definition) is 1. The smallest absolute Gasteiger partial charge is 0.258 e. The molecular weight excluding hydrogens is 338 g/mol. The summed E-state index contributed by atoms with van der Waals surface area (Å²) in [5, 5.41) is 5.29. The number of carbonyl (C=O) groups is 1. The lowest BCUT2D eigenvalue weighted by Crippen LogP contribution is -2.32. The summed E-state index contributed by atoms with van der Waals surface area (Å²) in [6.45, 7) is 4.04. The van der Waals surface area contributed by atoms with Crippen LogP contribution in [0.4, 0.5) is 0 Å². The largest absolute Gasteiger partial charge is 0.496 e. The van der Waals surface area contributed by atoms with E-state index in [1.54, 1.807) is 7.11 Å². The number of ether oxygens (including phenoxy) is 2. The molecule has 4 nitrogen and oxygen atoms in total. The third-order valence-electron chi connectivity index (χ3n) is 4.66. The van der Waals surface area contributed by atoms with E-state index >= 15 is 0 Å². The molecule has 0 aliphatic carbocycles. The summed E-state index contributed by atoms with van der Waals surface area (Å²) < 4.78 is 11.0. The monoisotopic (exact) mass is 363 g/mol. The Morgan fingerprint density at radius 1 is 1.04 bits per heavy atom. The van der Waals surface area contributed by atoms with Crippen LogP contribution in [0.15, 0.2) is 60.7 Å². The maximum atomic E-state index is 12.4. The molecule has 3 aromatic carbocycles. The van der Waals surface area contributed by atoms with Crippen LogP contribution in [0.25, 0.3) is 10.8 Å². The highest BCUT2D eigenvalue weighted by molar-refractivity contribution is 5.84. The first-order valence-corrected chi connectivity index (χ1v) is 9.16. The van der Waals surface area contributed by atoms with Crippen LogP contribution in [0.3, 0.4) is 0 Å². The molecule has 1 amide bonds. The Bertz CT molecular complexity index is 936. The van der Waals surface area contributed by atoms with Crippen LogP contribution < -0.4 is 14.8 Å². The lowest BCUT2D eigenvalue weighted by molar-refractivity contribution is -0.123. The number of methoxy groups -OCH3 is 1. The van der Waals surface area contributed by atoms with E-state index in [2.05, 4.69) is 24.4 Å². The molecule has 0 aliphatic heterocycles. The summed E-state index contributed by atoms with van der Waals surface area (Å²) >= 11 is 0. The highest BCUT2D eigenvalue weighted by Crippen LogP contribution is 2.24.